The molecule has 0 radical (unpaired) electrons. The number of halogens is 1. The van der Waals surface area contributed by atoms with E-state index in [4.69, 9.17) is 11.6 Å². The van der Waals surface area contributed by atoms with Crippen molar-refractivity contribution >= 4 is 33.2 Å². The number of hydrogen-bond acceptors (Lipinski definition) is 4. The zero-order valence-corrected chi connectivity index (χ0v) is 13.3. The summed E-state index contributed by atoms with van der Waals surface area (Å²) in [5.74, 6) is -0.189. The molecule has 2 rings (SSSR count). The number of sulfonamides is 1. The molecule has 1 aromatic rings. The fourth-order valence-electron chi connectivity index (χ4n) is 2.32. The highest BCUT2D eigenvalue weighted by Gasteiger charge is 2.26. The van der Waals surface area contributed by atoms with Gasteiger partial charge in [0.25, 0.3) is 0 Å². The van der Waals surface area contributed by atoms with E-state index >= 15 is 0 Å². The van der Waals surface area contributed by atoms with Gasteiger partial charge in [0.15, 0.2) is 0 Å². The second-order valence-corrected chi connectivity index (χ2v) is 7.36. The molecule has 1 aliphatic rings. The molecule has 1 aliphatic heterocycles. The first-order valence-electron chi connectivity index (χ1n) is 6.51. The summed E-state index contributed by atoms with van der Waals surface area (Å²) in [6.45, 7) is 3.25. The lowest BCUT2D eigenvalue weighted by Gasteiger charge is -2.16. The summed E-state index contributed by atoms with van der Waals surface area (Å²) in [6.07, 6.45) is -0.180. The quantitative estimate of drug-likeness (QED) is 0.756. The molecular weight excluding hydrogens is 316 g/mol. The first kappa shape index (κ1) is 16.2. The minimum absolute atomic E-state index is 0.0488. The molecule has 21 heavy (non-hydrogen) atoms. The minimum Gasteiger partial charge on any atom is -0.393 e. The van der Waals surface area contributed by atoms with Crippen molar-refractivity contribution in [2.75, 3.05) is 5.32 Å². The number of rotatable bonds is 5. The largest absolute Gasteiger partial charge is 0.393 e. The molecular formula is C13H17ClN2O4S. The van der Waals surface area contributed by atoms with Gasteiger partial charge in [0.2, 0.25) is 15.9 Å². The summed E-state index contributed by atoms with van der Waals surface area (Å²) in [4.78, 5) is 11.3. The van der Waals surface area contributed by atoms with Crippen LogP contribution in [0.15, 0.2) is 17.0 Å². The minimum atomic E-state index is -3.81. The summed E-state index contributed by atoms with van der Waals surface area (Å²) >= 11 is 6.01. The molecule has 0 bridgehead atoms. The number of carbonyl (C=O) groups is 1. The van der Waals surface area contributed by atoms with Crippen LogP contribution in [0.5, 0.6) is 0 Å². The van der Waals surface area contributed by atoms with Gasteiger partial charge in [-0.25, -0.2) is 13.1 Å². The first-order chi connectivity index (χ1) is 9.69. The van der Waals surface area contributed by atoms with Crippen LogP contribution in [-0.4, -0.2) is 31.6 Å². The monoisotopic (exact) mass is 332 g/mol. The third kappa shape index (κ3) is 3.74. The molecule has 1 amide bonds. The lowest BCUT2D eigenvalue weighted by atomic mass is 10.2. The predicted molar refractivity (Wildman–Crippen MR) is 79.9 cm³/mol. The second-order valence-electron chi connectivity index (χ2n) is 5.27. The molecule has 8 heteroatoms. The highest BCUT2D eigenvalue weighted by atomic mass is 35.5. The molecule has 1 heterocycles. The van der Waals surface area contributed by atoms with Gasteiger partial charge in [0.05, 0.1) is 17.5 Å². The van der Waals surface area contributed by atoms with Crippen molar-refractivity contribution in [3.63, 3.8) is 0 Å². The van der Waals surface area contributed by atoms with Crippen LogP contribution in [0, 0.1) is 0 Å². The summed E-state index contributed by atoms with van der Waals surface area (Å²) in [7, 11) is -3.81. The van der Waals surface area contributed by atoms with Crippen LogP contribution in [0.4, 0.5) is 5.69 Å². The number of carbonyl (C=O) groups excluding carboxylic acids is 1. The van der Waals surface area contributed by atoms with E-state index in [0.29, 0.717) is 17.7 Å². The zero-order chi connectivity index (χ0) is 15.8. The van der Waals surface area contributed by atoms with Crippen LogP contribution in [0.25, 0.3) is 0 Å². The zero-order valence-electron chi connectivity index (χ0n) is 11.7. The number of aliphatic hydroxyl groups is 1. The highest BCUT2D eigenvalue weighted by Crippen LogP contribution is 2.32. The van der Waals surface area contributed by atoms with Gasteiger partial charge >= 0.3 is 0 Å². The Morgan fingerprint density at radius 2 is 2.10 bits per heavy atom. The van der Waals surface area contributed by atoms with Crippen LogP contribution in [-0.2, 0) is 21.2 Å². The van der Waals surface area contributed by atoms with Crippen molar-refractivity contribution in [2.24, 2.45) is 0 Å². The molecule has 0 spiro atoms. The van der Waals surface area contributed by atoms with Crippen molar-refractivity contribution in [3.8, 4) is 0 Å². The lowest BCUT2D eigenvalue weighted by Crippen LogP contribution is -2.34. The maximum absolute atomic E-state index is 12.3. The molecule has 3 N–H and O–H groups in total. The number of benzene rings is 1. The molecule has 0 saturated heterocycles. The fourth-order valence-corrected chi connectivity index (χ4v) is 4.15. The van der Waals surface area contributed by atoms with Gasteiger partial charge < -0.3 is 10.4 Å². The number of amides is 1. The summed E-state index contributed by atoms with van der Waals surface area (Å²) in [6, 6.07) is 2.42. The molecule has 0 aliphatic carbocycles. The summed E-state index contributed by atoms with van der Waals surface area (Å²) in [5.41, 5.74) is 1.15. The van der Waals surface area contributed by atoms with E-state index in [1.807, 2.05) is 0 Å². The molecule has 6 nitrogen and oxygen atoms in total. The van der Waals surface area contributed by atoms with Crippen LogP contribution >= 0.6 is 11.6 Å². The van der Waals surface area contributed by atoms with Gasteiger partial charge in [-0.15, -0.1) is 0 Å². The van der Waals surface area contributed by atoms with Crippen molar-refractivity contribution in [2.45, 2.75) is 43.7 Å². The highest BCUT2D eigenvalue weighted by molar-refractivity contribution is 7.89. The fraction of sp³-hybridized carbons (Fsp3) is 0.462. The smallest absolute Gasteiger partial charge is 0.242 e. The van der Waals surface area contributed by atoms with Crippen molar-refractivity contribution in [1.82, 2.24) is 4.72 Å². The van der Waals surface area contributed by atoms with Crippen molar-refractivity contribution in [1.29, 1.82) is 0 Å². The summed E-state index contributed by atoms with van der Waals surface area (Å²) in [5, 5.41) is 12.0. The van der Waals surface area contributed by atoms with Crippen LogP contribution in [0.2, 0.25) is 5.02 Å². The Hall–Kier alpha value is -1.15. The molecule has 0 saturated carbocycles. The lowest BCUT2D eigenvalue weighted by molar-refractivity contribution is -0.115. The average Bonchev–Trinajstić information content (AvgIpc) is 2.64. The topological polar surface area (TPSA) is 95.5 Å². The Labute approximate surface area is 128 Å². The van der Waals surface area contributed by atoms with E-state index in [2.05, 4.69) is 10.0 Å². The third-order valence-corrected chi connectivity index (χ3v) is 5.18. The van der Waals surface area contributed by atoms with Gasteiger partial charge in [-0.3, -0.25) is 4.79 Å². The van der Waals surface area contributed by atoms with Crippen molar-refractivity contribution < 1.29 is 18.3 Å². The number of hydrogen-bond donors (Lipinski definition) is 3. The molecule has 0 aromatic heterocycles. The molecule has 2 atom stereocenters. The first-order valence-corrected chi connectivity index (χ1v) is 8.38. The van der Waals surface area contributed by atoms with E-state index < -0.39 is 22.2 Å². The SMILES string of the molecule is CC(O)CC(C)NS(=O)(=O)c1cc2c(cc1Cl)NC(=O)C2. The van der Waals surface area contributed by atoms with Gasteiger partial charge in [-0.2, -0.15) is 0 Å². The average molecular weight is 333 g/mol. The van der Waals surface area contributed by atoms with E-state index in [1.54, 1.807) is 13.8 Å². The number of nitrogens with one attached hydrogen (secondary N) is 2. The van der Waals surface area contributed by atoms with Crippen molar-refractivity contribution in [3.05, 3.63) is 22.7 Å². The summed E-state index contributed by atoms with van der Waals surface area (Å²) < 4.78 is 27.2. The third-order valence-electron chi connectivity index (χ3n) is 3.12. The number of aliphatic hydroxyl groups excluding tert-OH is 1. The van der Waals surface area contributed by atoms with E-state index in [0.717, 1.165) is 0 Å². The van der Waals surface area contributed by atoms with Gasteiger partial charge in [0.1, 0.15) is 4.90 Å². The van der Waals surface area contributed by atoms with E-state index in [9.17, 15) is 18.3 Å². The van der Waals surface area contributed by atoms with E-state index in [-0.39, 0.29) is 22.2 Å². The number of anilines is 1. The van der Waals surface area contributed by atoms with Gasteiger partial charge in [-0.05, 0) is 38.0 Å². The maximum Gasteiger partial charge on any atom is 0.242 e. The molecule has 1 aromatic carbocycles. The predicted octanol–water partition coefficient (Wildman–Crippen LogP) is 1.27. The Morgan fingerprint density at radius 1 is 1.43 bits per heavy atom. The van der Waals surface area contributed by atoms with Crippen LogP contribution < -0.4 is 10.0 Å². The molecule has 116 valence electrons. The maximum atomic E-state index is 12.3. The standard InChI is InChI=1S/C13H17ClN2O4S/c1-7(3-8(2)17)16-21(19,20)12-4-9-5-13(18)15-11(9)6-10(12)14/h4,6-8,16-17H,3,5H2,1-2H3,(H,15,18). The Balaban J connectivity index is 2.29. The molecule has 0 fully saturated rings. The number of fused-ring (bicyclic) bond motifs is 1. The van der Waals surface area contributed by atoms with Crippen LogP contribution in [0.3, 0.4) is 0 Å². The Morgan fingerprint density at radius 3 is 2.71 bits per heavy atom. The van der Waals surface area contributed by atoms with E-state index in [1.165, 1.54) is 12.1 Å². The normalized spacial score (nSPS) is 17.2. The van der Waals surface area contributed by atoms with Gasteiger partial charge in [-0.1, -0.05) is 11.6 Å². The van der Waals surface area contributed by atoms with Gasteiger partial charge in [0, 0.05) is 11.7 Å². The Kier molecular flexibility index (Phi) is 4.57. The van der Waals surface area contributed by atoms with Crippen LogP contribution in [0.1, 0.15) is 25.8 Å². The Bertz CT molecular complexity index is 673. The second kappa shape index (κ2) is 5.92. The molecule has 2 unspecified atom stereocenters.